The smallest absolute Gasteiger partial charge is 0.254 e. The van der Waals surface area contributed by atoms with E-state index in [2.05, 4.69) is 27.8 Å². The number of hydrogen-bond acceptors (Lipinski definition) is 4. The third kappa shape index (κ3) is 3.71. The van der Waals surface area contributed by atoms with Gasteiger partial charge in [-0.15, -0.1) is 0 Å². The molecule has 7 heteroatoms. The number of rotatable bonds is 4. The lowest BCUT2D eigenvalue weighted by atomic mass is 9.96. The molecule has 3 aromatic rings. The number of fused-ring (bicyclic) bond motifs is 2. The number of para-hydroxylation sites is 1. The molecule has 160 valence electrons. The second-order valence-electron chi connectivity index (χ2n) is 8.20. The van der Waals surface area contributed by atoms with E-state index < -0.39 is 5.54 Å². The number of carbonyl (C=O) groups is 1. The van der Waals surface area contributed by atoms with E-state index in [0.717, 1.165) is 35.4 Å². The number of amides is 1. The molecule has 31 heavy (non-hydrogen) atoms. The normalized spacial score (nSPS) is 22.0. The average Bonchev–Trinajstić information content (AvgIpc) is 3.41. The van der Waals surface area contributed by atoms with Crippen LogP contribution in [0, 0.1) is 0 Å². The van der Waals surface area contributed by atoms with Crippen LogP contribution in [0.2, 0.25) is 0 Å². The highest BCUT2D eigenvalue weighted by molar-refractivity contribution is 6.05. The van der Waals surface area contributed by atoms with Gasteiger partial charge in [0.05, 0.1) is 18.7 Å². The summed E-state index contributed by atoms with van der Waals surface area (Å²) < 4.78 is 5.21. The Morgan fingerprint density at radius 1 is 1.23 bits per heavy atom. The third-order valence-corrected chi connectivity index (χ3v) is 6.26. The number of benzene rings is 2. The molecule has 0 aliphatic carbocycles. The maximum atomic E-state index is 13.3. The van der Waals surface area contributed by atoms with Crippen LogP contribution in [0.5, 0.6) is 0 Å². The first-order valence-electron chi connectivity index (χ1n) is 10.7. The van der Waals surface area contributed by atoms with Gasteiger partial charge < -0.3 is 19.9 Å². The number of aromatic nitrogens is 1. The molecule has 2 aromatic carbocycles. The number of methoxy groups -OCH3 is 1. The Bertz CT molecular complexity index is 1140. The summed E-state index contributed by atoms with van der Waals surface area (Å²) >= 11 is 0. The van der Waals surface area contributed by atoms with Gasteiger partial charge in [-0.05, 0) is 41.6 Å². The van der Waals surface area contributed by atoms with Gasteiger partial charge in [0.25, 0.3) is 5.91 Å². The first kappa shape index (κ1) is 19.8. The molecule has 2 aliphatic heterocycles. The van der Waals surface area contributed by atoms with Gasteiger partial charge in [-0.3, -0.25) is 15.1 Å². The molecule has 0 radical (unpaired) electrons. The fraction of sp³-hybridized carbons (Fsp3) is 0.333. The average molecular weight is 418 g/mol. The Morgan fingerprint density at radius 3 is 3.03 bits per heavy atom. The number of ether oxygens (including phenoxy) is 1. The summed E-state index contributed by atoms with van der Waals surface area (Å²) in [5.74, 6) is 0.929. The standard InChI is InChI=1S/C24H27N5O2/c1-31-13-11-26-23-24(27-15-19-4-2-3-5-20(19)28-23)9-12-29(16-24)22(30)18-7-6-17-8-10-25-21(17)14-18/h2-8,10,14,25,27H,9,11-13,15-16H2,1H3,(H,26,28)/t24-/m1/s1. The van der Waals surface area contributed by atoms with Gasteiger partial charge in [0.1, 0.15) is 5.84 Å². The van der Waals surface area contributed by atoms with Gasteiger partial charge in [-0.2, -0.15) is 0 Å². The highest BCUT2D eigenvalue weighted by Gasteiger charge is 2.45. The summed E-state index contributed by atoms with van der Waals surface area (Å²) in [5.41, 5.74) is 3.53. The van der Waals surface area contributed by atoms with Crippen molar-refractivity contribution in [2.45, 2.75) is 18.5 Å². The van der Waals surface area contributed by atoms with E-state index in [9.17, 15) is 4.79 Å². The fourth-order valence-corrected chi connectivity index (χ4v) is 4.52. The van der Waals surface area contributed by atoms with Gasteiger partial charge in [-0.25, -0.2) is 0 Å². The largest absolute Gasteiger partial charge is 0.383 e. The second-order valence-corrected chi connectivity index (χ2v) is 8.20. The van der Waals surface area contributed by atoms with E-state index in [1.165, 1.54) is 5.56 Å². The minimum absolute atomic E-state index is 0.0492. The van der Waals surface area contributed by atoms with Crippen molar-refractivity contribution in [1.29, 1.82) is 0 Å². The number of H-pyrrole nitrogens is 1. The van der Waals surface area contributed by atoms with Crippen LogP contribution >= 0.6 is 0 Å². The lowest BCUT2D eigenvalue weighted by Gasteiger charge is -2.30. The van der Waals surface area contributed by atoms with E-state index in [1.54, 1.807) is 7.11 Å². The topological polar surface area (TPSA) is 81.8 Å². The van der Waals surface area contributed by atoms with Crippen LogP contribution in [-0.2, 0) is 11.3 Å². The van der Waals surface area contributed by atoms with Crippen molar-refractivity contribution < 1.29 is 9.53 Å². The van der Waals surface area contributed by atoms with Crippen LogP contribution in [0.3, 0.4) is 0 Å². The Morgan fingerprint density at radius 2 is 2.13 bits per heavy atom. The molecule has 7 nitrogen and oxygen atoms in total. The highest BCUT2D eigenvalue weighted by Crippen LogP contribution is 2.30. The number of hydrogen-bond donors (Lipinski definition) is 3. The van der Waals surface area contributed by atoms with Crippen LogP contribution in [0.25, 0.3) is 10.9 Å². The van der Waals surface area contributed by atoms with Crippen molar-refractivity contribution >= 4 is 28.3 Å². The van der Waals surface area contributed by atoms with Gasteiger partial charge in [0, 0.05) is 49.7 Å². The van der Waals surface area contributed by atoms with Crippen molar-refractivity contribution in [2.75, 3.05) is 38.7 Å². The molecule has 1 aromatic heterocycles. The Kier molecular flexibility index (Phi) is 5.21. The van der Waals surface area contributed by atoms with E-state index >= 15 is 0 Å². The molecule has 0 saturated carbocycles. The predicted molar refractivity (Wildman–Crippen MR) is 123 cm³/mol. The predicted octanol–water partition coefficient (Wildman–Crippen LogP) is 3.01. The summed E-state index contributed by atoms with van der Waals surface area (Å²) in [6, 6.07) is 16.1. The highest BCUT2D eigenvalue weighted by atomic mass is 16.5. The van der Waals surface area contributed by atoms with Crippen molar-refractivity contribution in [3.63, 3.8) is 0 Å². The monoisotopic (exact) mass is 417 g/mol. The first-order chi connectivity index (χ1) is 15.2. The van der Waals surface area contributed by atoms with Crippen LogP contribution < -0.4 is 10.6 Å². The van der Waals surface area contributed by atoms with Gasteiger partial charge >= 0.3 is 0 Å². The summed E-state index contributed by atoms with van der Waals surface area (Å²) in [4.78, 5) is 23.3. The van der Waals surface area contributed by atoms with Gasteiger partial charge in [0.2, 0.25) is 0 Å². The minimum Gasteiger partial charge on any atom is -0.383 e. The lowest BCUT2D eigenvalue weighted by Crippen LogP contribution is -2.55. The fourth-order valence-electron chi connectivity index (χ4n) is 4.52. The number of anilines is 1. The molecular formula is C24H27N5O2. The summed E-state index contributed by atoms with van der Waals surface area (Å²) in [6.07, 6.45) is 2.70. The zero-order valence-electron chi connectivity index (χ0n) is 17.6. The van der Waals surface area contributed by atoms with Crippen molar-refractivity contribution in [1.82, 2.24) is 15.2 Å². The number of aliphatic imine (C=N–C) groups is 1. The lowest BCUT2D eigenvalue weighted by molar-refractivity contribution is 0.0786. The minimum atomic E-state index is -0.404. The van der Waals surface area contributed by atoms with Gasteiger partial charge in [0.15, 0.2) is 0 Å². The second kappa shape index (κ2) is 8.17. The zero-order valence-corrected chi connectivity index (χ0v) is 17.6. The number of likely N-dealkylation sites (tertiary alicyclic amines) is 1. The molecule has 0 unspecified atom stereocenters. The maximum absolute atomic E-state index is 13.3. The van der Waals surface area contributed by atoms with Gasteiger partial charge in [-0.1, -0.05) is 24.3 Å². The first-order valence-corrected chi connectivity index (χ1v) is 10.7. The van der Waals surface area contributed by atoms with Crippen LogP contribution in [0.4, 0.5) is 5.69 Å². The number of amidine groups is 1. The Balaban J connectivity index is 1.42. The maximum Gasteiger partial charge on any atom is 0.254 e. The van der Waals surface area contributed by atoms with Crippen LogP contribution in [-0.4, -0.2) is 60.5 Å². The summed E-state index contributed by atoms with van der Waals surface area (Å²) in [7, 11) is 1.68. The van der Waals surface area contributed by atoms with Crippen molar-refractivity contribution in [2.24, 2.45) is 4.99 Å². The molecule has 0 bridgehead atoms. The number of carbonyl (C=O) groups excluding carboxylic acids is 1. The number of nitrogens with one attached hydrogen (secondary N) is 3. The quantitative estimate of drug-likeness (QED) is 0.570. The Hall–Kier alpha value is -3.16. The SMILES string of the molecule is COCCN=C1Nc2ccccc2CN[C@@]12CCN(C(=O)c1ccc3cc[nH]c3c1)C2. The molecule has 1 saturated heterocycles. The molecule has 3 heterocycles. The van der Waals surface area contributed by atoms with Crippen LogP contribution in [0.15, 0.2) is 59.7 Å². The Labute approximate surface area is 181 Å². The molecule has 1 amide bonds. The molecule has 1 atom stereocenters. The molecule has 1 spiro atoms. The van der Waals surface area contributed by atoms with E-state index in [-0.39, 0.29) is 5.91 Å². The van der Waals surface area contributed by atoms with Crippen molar-refractivity contribution in [3.05, 3.63) is 65.9 Å². The summed E-state index contributed by atoms with van der Waals surface area (Å²) in [5, 5.41) is 8.38. The van der Waals surface area contributed by atoms with Crippen LogP contribution in [0.1, 0.15) is 22.3 Å². The number of aromatic amines is 1. The van der Waals surface area contributed by atoms with E-state index in [1.807, 2.05) is 47.5 Å². The number of nitrogens with zero attached hydrogens (tertiary/aromatic N) is 2. The molecule has 3 N–H and O–H groups in total. The third-order valence-electron chi connectivity index (χ3n) is 6.26. The molecule has 2 aliphatic rings. The summed E-state index contributed by atoms with van der Waals surface area (Å²) in [6.45, 7) is 3.10. The molecule has 1 fully saturated rings. The van der Waals surface area contributed by atoms with Crippen molar-refractivity contribution in [3.8, 4) is 0 Å². The van der Waals surface area contributed by atoms with E-state index in [0.29, 0.717) is 31.8 Å². The van der Waals surface area contributed by atoms with E-state index in [4.69, 9.17) is 9.73 Å². The molecular weight excluding hydrogens is 390 g/mol. The zero-order chi connectivity index (χ0) is 21.3. The molecule has 5 rings (SSSR count).